The van der Waals surface area contributed by atoms with Crippen molar-refractivity contribution in [3.8, 4) is 10.6 Å². The van der Waals surface area contributed by atoms with Gasteiger partial charge in [0.25, 0.3) is 0 Å². The molecule has 2 heterocycles. The molecule has 0 atom stereocenters. The Labute approximate surface area is 107 Å². The van der Waals surface area contributed by atoms with E-state index in [0.717, 1.165) is 16.9 Å². The number of carbonyl (C=O) groups excluding carboxylic acids is 2. The highest BCUT2D eigenvalue weighted by Crippen LogP contribution is 2.31. The Balaban J connectivity index is 2.56. The van der Waals surface area contributed by atoms with Crippen molar-refractivity contribution in [3.05, 3.63) is 28.7 Å². The number of hydrogen-bond donors (Lipinski definition) is 0. The lowest BCUT2D eigenvalue weighted by Gasteiger charge is -1.95. The molecule has 0 aliphatic carbocycles. The normalized spacial score (nSPS) is 10.4. The van der Waals surface area contributed by atoms with Crippen molar-refractivity contribution in [2.24, 2.45) is 0 Å². The van der Waals surface area contributed by atoms with Crippen LogP contribution in [0.2, 0.25) is 0 Å². The van der Waals surface area contributed by atoms with Crippen LogP contribution < -0.4 is 0 Å². The molecule has 0 aliphatic rings. The summed E-state index contributed by atoms with van der Waals surface area (Å²) >= 11 is 1.16. The van der Waals surface area contributed by atoms with Gasteiger partial charge in [-0.05, 0) is 13.0 Å². The highest BCUT2D eigenvalue weighted by Gasteiger charge is 2.23. The molecule has 5 nitrogen and oxygen atoms in total. The number of rotatable bonds is 3. The summed E-state index contributed by atoms with van der Waals surface area (Å²) in [5, 5.41) is 0.576. The number of thiazole rings is 1. The van der Waals surface area contributed by atoms with Crippen molar-refractivity contribution in [3.63, 3.8) is 0 Å². The predicted octanol–water partition coefficient (Wildman–Crippen LogP) is 2.70. The van der Waals surface area contributed by atoms with Gasteiger partial charge in [-0.1, -0.05) is 0 Å². The number of methoxy groups -OCH3 is 1. The lowest BCUT2D eigenvalue weighted by molar-refractivity contribution is 0.0591. The van der Waals surface area contributed by atoms with Crippen molar-refractivity contribution < 1.29 is 18.7 Å². The van der Waals surface area contributed by atoms with Crippen molar-refractivity contribution in [1.29, 1.82) is 0 Å². The van der Waals surface area contributed by atoms with Crippen LogP contribution in [0.3, 0.4) is 0 Å². The SMILES string of the molecule is COC(=O)c1nc(-c2ccoc2C)sc1C(C)=O. The molecule has 0 saturated carbocycles. The Kier molecular flexibility index (Phi) is 3.29. The Hall–Kier alpha value is -1.95. The molecule has 0 saturated heterocycles. The number of ether oxygens (including phenoxy) is 1. The molecule has 0 bridgehead atoms. The highest BCUT2D eigenvalue weighted by molar-refractivity contribution is 7.17. The highest BCUT2D eigenvalue weighted by atomic mass is 32.1. The van der Waals surface area contributed by atoms with E-state index in [-0.39, 0.29) is 11.5 Å². The van der Waals surface area contributed by atoms with E-state index in [4.69, 9.17) is 4.42 Å². The molecule has 2 aromatic rings. The number of nitrogens with zero attached hydrogens (tertiary/aromatic N) is 1. The molecular formula is C12H11NO4S. The molecule has 0 unspecified atom stereocenters. The zero-order valence-corrected chi connectivity index (χ0v) is 11.0. The Morgan fingerprint density at radius 3 is 2.67 bits per heavy atom. The summed E-state index contributed by atoms with van der Waals surface area (Å²) in [6.45, 7) is 3.19. The first kappa shape index (κ1) is 12.5. The standard InChI is InChI=1S/C12H11NO4S/c1-6(14)10-9(12(15)16-3)13-11(18-10)8-4-5-17-7(8)2/h4-5H,1-3H3. The maximum Gasteiger partial charge on any atom is 0.358 e. The maximum atomic E-state index is 11.6. The summed E-state index contributed by atoms with van der Waals surface area (Å²) in [6.07, 6.45) is 1.54. The zero-order valence-electron chi connectivity index (χ0n) is 10.1. The molecule has 0 N–H and O–H groups in total. The van der Waals surface area contributed by atoms with Crippen LogP contribution in [0.15, 0.2) is 16.7 Å². The van der Waals surface area contributed by atoms with E-state index in [1.165, 1.54) is 20.3 Å². The van der Waals surface area contributed by atoms with Gasteiger partial charge < -0.3 is 9.15 Å². The Bertz CT molecular complexity index is 611. The van der Waals surface area contributed by atoms with Crippen molar-refractivity contribution in [2.45, 2.75) is 13.8 Å². The number of hydrogen-bond acceptors (Lipinski definition) is 6. The summed E-state index contributed by atoms with van der Waals surface area (Å²) < 4.78 is 9.80. The second kappa shape index (κ2) is 4.73. The number of furan rings is 1. The maximum absolute atomic E-state index is 11.6. The van der Waals surface area contributed by atoms with E-state index in [1.54, 1.807) is 13.0 Å². The number of aromatic nitrogens is 1. The minimum absolute atomic E-state index is 0.0607. The van der Waals surface area contributed by atoms with Crippen LogP contribution in [0.25, 0.3) is 10.6 Å². The average Bonchev–Trinajstić information content (AvgIpc) is 2.93. The van der Waals surface area contributed by atoms with E-state index in [0.29, 0.717) is 15.6 Å². The lowest BCUT2D eigenvalue weighted by Crippen LogP contribution is -2.06. The summed E-state index contributed by atoms with van der Waals surface area (Å²) in [4.78, 5) is 27.5. The van der Waals surface area contributed by atoms with E-state index in [9.17, 15) is 9.59 Å². The predicted molar refractivity (Wildman–Crippen MR) is 65.9 cm³/mol. The van der Waals surface area contributed by atoms with Crippen molar-refractivity contribution in [1.82, 2.24) is 4.98 Å². The molecule has 6 heteroatoms. The van der Waals surface area contributed by atoms with Gasteiger partial charge in [-0.25, -0.2) is 9.78 Å². The van der Waals surface area contributed by atoms with Gasteiger partial charge in [-0.15, -0.1) is 11.3 Å². The molecule has 94 valence electrons. The molecule has 0 spiro atoms. The van der Waals surface area contributed by atoms with Crippen LogP contribution in [-0.2, 0) is 4.74 Å². The van der Waals surface area contributed by atoms with Gasteiger partial charge in [-0.3, -0.25) is 4.79 Å². The minimum Gasteiger partial charge on any atom is -0.469 e. The van der Waals surface area contributed by atoms with E-state index in [1.807, 2.05) is 0 Å². The minimum atomic E-state index is -0.608. The monoisotopic (exact) mass is 265 g/mol. The summed E-state index contributed by atoms with van der Waals surface area (Å²) in [5.41, 5.74) is 0.836. The fraction of sp³-hybridized carbons (Fsp3) is 0.250. The first-order valence-electron chi connectivity index (χ1n) is 5.19. The van der Waals surface area contributed by atoms with Crippen LogP contribution in [0, 0.1) is 6.92 Å². The first-order valence-corrected chi connectivity index (χ1v) is 6.00. The van der Waals surface area contributed by atoms with Gasteiger partial charge in [-0.2, -0.15) is 0 Å². The third-order valence-corrected chi connectivity index (χ3v) is 3.60. The zero-order chi connectivity index (χ0) is 13.3. The third-order valence-electron chi connectivity index (χ3n) is 2.41. The summed E-state index contributed by atoms with van der Waals surface area (Å²) in [5.74, 6) is -0.126. The summed E-state index contributed by atoms with van der Waals surface area (Å²) in [6, 6.07) is 1.75. The largest absolute Gasteiger partial charge is 0.469 e. The second-order valence-electron chi connectivity index (χ2n) is 3.63. The number of Topliss-reactive ketones (excluding diaryl/α,β-unsaturated/α-hetero) is 1. The average molecular weight is 265 g/mol. The van der Waals surface area contributed by atoms with Gasteiger partial charge in [0.15, 0.2) is 11.5 Å². The number of aryl methyl sites for hydroxylation is 1. The van der Waals surface area contributed by atoms with Gasteiger partial charge in [0, 0.05) is 6.92 Å². The third kappa shape index (κ3) is 2.06. The van der Waals surface area contributed by atoms with Gasteiger partial charge in [0.2, 0.25) is 0 Å². The quantitative estimate of drug-likeness (QED) is 0.630. The van der Waals surface area contributed by atoms with Crippen LogP contribution >= 0.6 is 11.3 Å². The molecule has 18 heavy (non-hydrogen) atoms. The van der Waals surface area contributed by atoms with Gasteiger partial charge in [0.05, 0.1) is 18.9 Å². The van der Waals surface area contributed by atoms with Crippen LogP contribution in [-0.4, -0.2) is 23.8 Å². The smallest absolute Gasteiger partial charge is 0.358 e. The van der Waals surface area contributed by atoms with Crippen LogP contribution in [0.5, 0.6) is 0 Å². The van der Waals surface area contributed by atoms with Crippen LogP contribution in [0.1, 0.15) is 32.8 Å². The van der Waals surface area contributed by atoms with Crippen molar-refractivity contribution in [2.75, 3.05) is 7.11 Å². The fourth-order valence-corrected chi connectivity index (χ4v) is 2.54. The van der Waals surface area contributed by atoms with Gasteiger partial charge in [0.1, 0.15) is 15.6 Å². The first-order chi connectivity index (χ1) is 8.54. The molecule has 0 aromatic carbocycles. The number of carbonyl (C=O) groups is 2. The van der Waals surface area contributed by atoms with Crippen molar-refractivity contribution >= 4 is 23.1 Å². The lowest BCUT2D eigenvalue weighted by atomic mass is 10.2. The molecule has 0 amide bonds. The number of ketones is 1. The van der Waals surface area contributed by atoms with E-state index < -0.39 is 5.97 Å². The molecular weight excluding hydrogens is 254 g/mol. The second-order valence-corrected chi connectivity index (χ2v) is 4.63. The Morgan fingerprint density at radius 1 is 1.44 bits per heavy atom. The van der Waals surface area contributed by atoms with Crippen LogP contribution in [0.4, 0.5) is 0 Å². The topological polar surface area (TPSA) is 69.4 Å². The molecule has 2 rings (SSSR count). The summed E-state index contributed by atoms with van der Waals surface area (Å²) in [7, 11) is 1.26. The number of esters is 1. The Morgan fingerprint density at radius 2 is 2.17 bits per heavy atom. The molecule has 0 fully saturated rings. The fourth-order valence-electron chi connectivity index (χ4n) is 1.52. The van der Waals surface area contributed by atoms with E-state index in [2.05, 4.69) is 9.72 Å². The molecule has 2 aromatic heterocycles. The van der Waals surface area contributed by atoms with E-state index >= 15 is 0 Å². The molecule has 0 aliphatic heterocycles. The molecule has 0 radical (unpaired) electrons. The van der Waals surface area contributed by atoms with Gasteiger partial charge >= 0.3 is 5.97 Å².